The Morgan fingerprint density at radius 2 is 2.00 bits per heavy atom. The minimum absolute atomic E-state index is 0.0337. The molecule has 4 rings (SSSR count). The molecule has 1 aromatic carbocycles. The smallest absolute Gasteiger partial charge is 0.227 e. The van der Waals surface area contributed by atoms with Gasteiger partial charge >= 0.3 is 0 Å². The van der Waals surface area contributed by atoms with Crippen LogP contribution in [-0.2, 0) is 11.2 Å². The average Bonchev–Trinajstić information content (AvgIpc) is 2.83. The number of carbonyl (C=O) groups is 1. The highest BCUT2D eigenvalue weighted by Gasteiger charge is 2.43. The monoisotopic (exact) mass is 505 g/mol. The van der Waals surface area contributed by atoms with Crippen molar-refractivity contribution >= 4 is 5.91 Å². The van der Waals surface area contributed by atoms with Gasteiger partial charge in [-0.1, -0.05) is 6.07 Å². The van der Waals surface area contributed by atoms with E-state index >= 15 is 0 Å². The molecule has 2 heterocycles. The molecule has 0 unspecified atom stereocenters. The number of amides is 1. The van der Waals surface area contributed by atoms with E-state index in [4.69, 9.17) is 9.84 Å². The maximum Gasteiger partial charge on any atom is 0.227 e. The largest absolute Gasteiger partial charge is 0.493 e. The number of rotatable bonds is 14. The van der Waals surface area contributed by atoms with Gasteiger partial charge in [-0.05, 0) is 94.0 Å². The number of carbonyl (C=O) groups excluding carboxylic acids is 1. The SMILES string of the molecule is O=C(Cc1ccc(OCCC2CC3(CCNCC3)C2)cc1F)N1CC(CNCCCC[C@H](O)CO)C1. The summed E-state index contributed by atoms with van der Waals surface area (Å²) in [6, 6.07) is 4.88. The lowest BCUT2D eigenvalue weighted by atomic mass is 9.57. The molecule has 0 radical (unpaired) electrons. The number of nitrogens with zero attached hydrogens (tertiary/aromatic N) is 1. The third-order valence-electron chi connectivity index (χ3n) is 8.36. The van der Waals surface area contributed by atoms with Crippen LogP contribution in [0, 0.1) is 23.1 Å². The van der Waals surface area contributed by atoms with Crippen molar-refractivity contribution in [3.63, 3.8) is 0 Å². The summed E-state index contributed by atoms with van der Waals surface area (Å²) in [5.74, 6) is 1.29. The topological polar surface area (TPSA) is 94.1 Å². The average molecular weight is 506 g/mol. The fraction of sp³-hybridized carbons (Fsp3) is 0.750. The lowest BCUT2D eigenvalue weighted by Gasteiger charge is -2.50. The third-order valence-corrected chi connectivity index (χ3v) is 8.36. The van der Waals surface area contributed by atoms with Crippen LogP contribution in [0.1, 0.15) is 56.9 Å². The zero-order chi connectivity index (χ0) is 25.4. The zero-order valence-corrected chi connectivity index (χ0v) is 21.5. The van der Waals surface area contributed by atoms with Gasteiger partial charge in [-0.25, -0.2) is 4.39 Å². The lowest BCUT2D eigenvalue weighted by Crippen LogP contribution is -2.53. The molecule has 202 valence electrons. The van der Waals surface area contributed by atoms with Crippen molar-refractivity contribution in [1.82, 2.24) is 15.5 Å². The highest BCUT2D eigenvalue weighted by molar-refractivity contribution is 5.79. The molecule has 1 aromatic rings. The molecular weight excluding hydrogens is 461 g/mol. The number of nitrogens with one attached hydrogen (secondary N) is 2. The molecule has 4 N–H and O–H groups in total. The number of hydrogen-bond donors (Lipinski definition) is 4. The van der Waals surface area contributed by atoms with Crippen LogP contribution in [-0.4, -0.2) is 79.6 Å². The molecule has 1 amide bonds. The number of unbranched alkanes of at least 4 members (excludes halogenated alkanes) is 1. The Morgan fingerprint density at radius 3 is 2.72 bits per heavy atom. The van der Waals surface area contributed by atoms with E-state index < -0.39 is 6.10 Å². The number of likely N-dealkylation sites (tertiary alicyclic amines) is 1. The summed E-state index contributed by atoms with van der Waals surface area (Å²) in [6.07, 6.45) is 8.13. The Bertz CT molecular complexity index is 834. The molecule has 1 spiro atoms. The van der Waals surface area contributed by atoms with Gasteiger partial charge in [0.2, 0.25) is 5.91 Å². The van der Waals surface area contributed by atoms with Gasteiger partial charge in [0.25, 0.3) is 0 Å². The van der Waals surface area contributed by atoms with Crippen LogP contribution in [0.5, 0.6) is 5.75 Å². The quantitative estimate of drug-likeness (QED) is 0.290. The number of halogens is 1. The maximum absolute atomic E-state index is 14.6. The second-order valence-electron chi connectivity index (χ2n) is 11.3. The Labute approximate surface area is 214 Å². The predicted octanol–water partition coefficient (Wildman–Crippen LogP) is 2.49. The van der Waals surface area contributed by atoms with Gasteiger partial charge in [0, 0.05) is 31.6 Å². The van der Waals surface area contributed by atoms with Crippen LogP contribution in [0.25, 0.3) is 0 Å². The summed E-state index contributed by atoms with van der Waals surface area (Å²) in [5.41, 5.74) is 1.00. The highest BCUT2D eigenvalue weighted by atomic mass is 19.1. The van der Waals surface area contributed by atoms with Gasteiger partial charge in [-0.3, -0.25) is 4.79 Å². The van der Waals surface area contributed by atoms with Crippen molar-refractivity contribution in [2.24, 2.45) is 17.3 Å². The minimum atomic E-state index is -0.617. The van der Waals surface area contributed by atoms with E-state index in [1.54, 1.807) is 17.0 Å². The van der Waals surface area contributed by atoms with Crippen LogP contribution < -0.4 is 15.4 Å². The van der Waals surface area contributed by atoms with Gasteiger partial charge < -0.3 is 30.5 Å². The number of ether oxygens (including phenoxy) is 1. The van der Waals surface area contributed by atoms with Gasteiger partial charge in [-0.15, -0.1) is 0 Å². The molecule has 0 aromatic heterocycles. The highest BCUT2D eigenvalue weighted by Crippen LogP contribution is 2.52. The first-order valence-electron chi connectivity index (χ1n) is 13.9. The Kier molecular flexibility index (Phi) is 9.99. The molecule has 0 bridgehead atoms. The standard InChI is InChI=1S/C28H44FN3O4/c29-26-14-25(36-12-6-21-15-28(16-21)7-10-30-11-8-28)5-4-23(26)13-27(35)32-18-22(19-32)17-31-9-2-1-3-24(34)20-33/h4-5,14,21-22,24,30-31,33-34H,1-3,6-13,15-20H2/t24-/m0/s1. The van der Waals surface area contributed by atoms with Crippen LogP contribution in [0.3, 0.4) is 0 Å². The Hall–Kier alpha value is -1.74. The van der Waals surface area contributed by atoms with Crippen molar-refractivity contribution in [2.75, 3.05) is 52.5 Å². The van der Waals surface area contributed by atoms with Crippen molar-refractivity contribution in [3.05, 3.63) is 29.6 Å². The van der Waals surface area contributed by atoms with Crippen molar-refractivity contribution < 1.29 is 24.1 Å². The molecule has 36 heavy (non-hydrogen) atoms. The first kappa shape index (κ1) is 27.3. The molecule has 1 atom stereocenters. The summed E-state index contributed by atoms with van der Waals surface area (Å²) >= 11 is 0. The molecule has 2 saturated heterocycles. The maximum atomic E-state index is 14.6. The van der Waals surface area contributed by atoms with E-state index in [2.05, 4.69) is 10.6 Å². The van der Waals surface area contributed by atoms with E-state index in [0.29, 0.717) is 48.8 Å². The van der Waals surface area contributed by atoms with Gasteiger partial charge in [0.05, 0.1) is 25.7 Å². The van der Waals surface area contributed by atoms with Crippen molar-refractivity contribution in [1.29, 1.82) is 0 Å². The summed E-state index contributed by atoms with van der Waals surface area (Å²) in [6.45, 7) is 5.85. The number of hydrogen-bond acceptors (Lipinski definition) is 6. The van der Waals surface area contributed by atoms with Gasteiger partial charge in [0.15, 0.2) is 0 Å². The minimum Gasteiger partial charge on any atom is -0.493 e. The predicted molar refractivity (Wildman–Crippen MR) is 137 cm³/mol. The van der Waals surface area contributed by atoms with E-state index in [1.165, 1.54) is 31.7 Å². The second-order valence-corrected chi connectivity index (χ2v) is 11.3. The van der Waals surface area contributed by atoms with E-state index in [1.807, 2.05) is 0 Å². The van der Waals surface area contributed by atoms with Crippen LogP contribution in [0.15, 0.2) is 18.2 Å². The van der Waals surface area contributed by atoms with Crippen molar-refractivity contribution in [3.8, 4) is 5.75 Å². The molecule has 3 fully saturated rings. The summed E-state index contributed by atoms with van der Waals surface area (Å²) in [4.78, 5) is 14.4. The normalized spacial score (nSPS) is 20.7. The van der Waals surface area contributed by atoms with Crippen LogP contribution in [0.4, 0.5) is 4.39 Å². The molecule has 8 heteroatoms. The number of aliphatic hydroxyl groups excluding tert-OH is 2. The molecule has 2 aliphatic heterocycles. The Balaban J connectivity index is 1.07. The first-order chi connectivity index (χ1) is 17.5. The van der Waals surface area contributed by atoms with Crippen LogP contribution >= 0.6 is 0 Å². The number of benzene rings is 1. The van der Waals surface area contributed by atoms with Crippen LogP contribution in [0.2, 0.25) is 0 Å². The number of piperidine rings is 1. The van der Waals surface area contributed by atoms with E-state index in [9.17, 15) is 14.3 Å². The molecule has 1 aliphatic carbocycles. The number of aliphatic hydroxyl groups is 2. The van der Waals surface area contributed by atoms with E-state index in [0.717, 1.165) is 51.4 Å². The van der Waals surface area contributed by atoms with E-state index in [-0.39, 0.29) is 24.8 Å². The summed E-state index contributed by atoms with van der Waals surface area (Å²) in [5, 5.41) is 25.0. The second kappa shape index (κ2) is 13.2. The fourth-order valence-electron chi connectivity index (χ4n) is 6.04. The third kappa shape index (κ3) is 7.63. The molecule has 3 aliphatic rings. The zero-order valence-electron chi connectivity index (χ0n) is 21.5. The molecule has 7 nitrogen and oxygen atoms in total. The van der Waals surface area contributed by atoms with Gasteiger partial charge in [0.1, 0.15) is 11.6 Å². The Morgan fingerprint density at radius 1 is 1.22 bits per heavy atom. The van der Waals surface area contributed by atoms with Gasteiger partial charge in [-0.2, -0.15) is 0 Å². The fourth-order valence-corrected chi connectivity index (χ4v) is 6.04. The lowest BCUT2D eigenvalue weighted by molar-refractivity contribution is -0.136. The summed E-state index contributed by atoms with van der Waals surface area (Å²) in [7, 11) is 0. The molecular formula is C28H44FN3O4. The molecule has 1 saturated carbocycles. The summed E-state index contributed by atoms with van der Waals surface area (Å²) < 4.78 is 20.4. The van der Waals surface area contributed by atoms with Crippen molar-refractivity contribution in [2.45, 2.75) is 63.9 Å². The first-order valence-corrected chi connectivity index (χ1v) is 13.9.